The normalized spacial score (nSPS) is 20.7. The molecule has 0 aromatic rings. The second-order valence-electron chi connectivity index (χ2n) is 15.5. The first-order chi connectivity index (χ1) is 27.3. The Bertz CT molecular complexity index is 1010. The van der Waals surface area contributed by atoms with Crippen molar-refractivity contribution in [3.05, 3.63) is 36.5 Å². The fraction of sp³-hybridized carbons (Fsp3) is 0.826. The zero-order valence-corrected chi connectivity index (χ0v) is 35.4. The smallest absolute Gasteiger partial charge is 0.306 e. The molecule has 0 saturated carbocycles. The number of hydrogen-bond acceptors (Lipinski definition) is 10. The highest BCUT2D eigenvalue weighted by molar-refractivity contribution is 5.70. The van der Waals surface area contributed by atoms with Gasteiger partial charge in [0.15, 0.2) is 12.4 Å². The van der Waals surface area contributed by atoms with Crippen molar-refractivity contribution < 1.29 is 49.0 Å². The van der Waals surface area contributed by atoms with E-state index in [0.717, 1.165) is 51.4 Å². The Kier molecular flexibility index (Phi) is 34.5. The molecule has 0 spiro atoms. The zero-order chi connectivity index (χ0) is 40.9. The number of carbonyl (C=O) groups excluding carboxylic acids is 2. The third kappa shape index (κ3) is 28.3. The first-order valence-corrected chi connectivity index (χ1v) is 22.6. The fourth-order valence-corrected chi connectivity index (χ4v) is 6.63. The Labute approximate surface area is 340 Å². The van der Waals surface area contributed by atoms with Crippen molar-refractivity contribution in [2.45, 2.75) is 224 Å². The van der Waals surface area contributed by atoms with E-state index in [4.69, 9.17) is 18.9 Å². The van der Waals surface area contributed by atoms with Crippen LogP contribution in [0.5, 0.6) is 0 Å². The average Bonchev–Trinajstić information content (AvgIpc) is 3.19. The average molecular weight is 795 g/mol. The van der Waals surface area contributed by atoms with Gasteiger partial charge >= 0.3 is 11.9 Å². The molecule has 4 N–H and O–H groups in total. The minimum Gasteiger partial charge on any atom is -0.462 e. The van der Waals surface area contributed by atoms with Crippen LogP contribution >= 0.6 is 0 Å². The predicted octanol–water partition coefficient (Wildman–Crippen LogP) is 9.50. The highest BCUT2D eigenvalue weighted by Gasteiger charge is 2.44. The largest absolute Gasteiger partial charge is 0.462 e. The van der Waals surface area contributed by atoms with Crippen LogP contribution in [0.2, 0.25) is 0 Å². The van der Waals surface area contributed by atoms with Gasteiger partial charge in [0.25, 0.3) is 0 Å². The number of carbonyl (C=O) groups is 2. The summed E-state index contributed by atoms with van der Waals surface area (Å²) >= 11 is 0. The van der Waals surface area contributed by atoms with E-state index < -0.39 is 55.4 Å². The third-order valence-corrected chi connectivity index (χ3v) is 10.2. The number of aliphatic hydroxyl groups excluding tert-OH is 4. The van der Waals surface area contributed by atoms with Crippen molar-refractivity contribution in [1.29, 1.82) is 0 Å². The summed E-state index contributed by atoms with van der Waals surface area (Å²) in [5, 5.41) is 40.0. The molecule has 0 radical (unpaired) electrons. The first kappa shape index (κ1) is 51.9. The summed E-state index contributed by atoms with van der Waals surface area (Å²) in [4.78, 5) is 25.3. The maximum absolute atomic E-state index is 12.7. The summed E-state index contributed by atoms with van der Waals surface area (Å²) in [7, 11) is 0. The standard InChI is InChI=1S/C46H82O10/c1-3-5-7-9-11-13-15-17-19-20-21-23-25-27-29-31-33-35-42(49)55-39(38-54-46-45(52)44(51)43(50)40(36-47)56-46)37-53-41(48)34-32-30-28-26-24-22-18-16-14-12-10-8-6-4-2/h16,18,21,23,27,29,39-40,43-47,50-52H,3-15,17,19-20,22,24-26,28,30-38H2,1-2H3/b18-16+,23-21+,29-27+/t39-,40-,43+,44?,45?,46-/m1/s1. The van der Waals surface area contributed by atoms with Crippen LogP contribution in [0.25, 0.3) is 0 Å². The second kappa shape index (κ2) is 37.2. The number of allylic oxidation sites excluding steroid dienone is 6. The molecule has 56 heavy (non-hydrogen) atoms. The molecule has 326 valence electrons. The van der Waals surface area contributed by atoms with Gasteiger partial charge in [0.05, 0.1) is 13.2 Å². The van der Waals surface area contributed by atoms with Gasteiger partial charge in [0.2, 0.25) is 0 Å². The quantitative estimate of drug-likeness (QED) is 0.0272. The Balaban J connectivity index is 2.37. The highest BCUT2D eigenvalue weighted by atomic mass is 16.7. The molecule has 1 fully saturated rings. The maximum Gasteiger partial charge on any atom is 0.306 e. The summed E-state index contributed by atoms with van der Waals surface area (Å²) in [6, 6.07) is 0. The van der Waals surface area contributed by atoms with Crippen LogP contribution in [0.1, 0.15) is 187 Å². The van der Waals surface area contributed by atoms with E-state index in [9.17, 15) is 30.0 Å². The molecule has 1 heterocycles. The third-order valence-electron chi connectivity index (χ3n) is 10.2. The zero-order valence-electron chi connectivity index (χ0n) is 35.4. The molecule has 1 saturated heterocycles. The minimum atomic E-state index is -1.60. The fourth-order valence-electron chi connectivity index (χ4n) is 6.63. The highest BCUT2D eigenvalue weighted by Crippen LogP contribution is 2.22. The van der Waals surface area contributed by atoms with E-state index in [2.05, 4.69) is 50.3 Å². The van der Waals surface area contributed by atoms with Gasteiger partial charge in [-0.05, 0) is 64.2 Å². The van der Waals surface area contributed by atoms with Crippen LogP contribution in [-0.2, 0) is 28.5 Å². The molecule has 2 unspecified atom stereocenters. The van der Waals surface area contributed by atoms with Crippen molar-refractivity contribution in [3.8, 4) is 0 Å². The van der Waals surface area contributed by atoms with E-state index >= 15 is 0 Å². The van der Waals surface area contributed by atoms with Crippen molar-refractivity contribution in [2.75, 3.05) is 19.8 Å². The molecule has 1 aliphatic rings. The van der Waals surface area contributed by atoms with Gasteiger partial charge in [-0.15, -0.1) is 0 Å². The van der Waals surface area contributed by atoms with Gasteiger partial charge in [-0.3, -0.25) is 9.59 Å². The lowest BCUT2D eigenvalue weighted by Gasteiger charge is -2.39. The molecule has 6 atom stereocenters. The van der Waals surface area contributed by atoms with Gasteiger partial charge < -0.3 is 39.4 Å². The number of hydrogen-bond donors (Lipinski definition) is 4. The lowest BCUT2D eigenvalue weighted by atomic mass is 9.99. The lowest BCUT2D eigenvalue weighted by Crippen LogP contribution is -2.59. The molecule has 10 heteroatoms. The SMILES string of the molecule is CCCCCCC/C=C/CCCCCCCC(=O)OC[C@H](CO[C@@H]1O[C@H](CO)[C@H](O)C(O)C1O)OC(=O)CCC/C=C/C/C=C/CCCCCCCCCCC. The summed E-state index contributed by atoms with van der Waals surface area (Å²) in [6.45, 7) is 3.36. The van der Waals surface area contributed by atoms with Crippen LogP contribution in [0, 0.1) is 0 Å². The number of rotatable bonds is 37. The summed E-state index contributed by atoms with van der Waals surface area (Å²) < 4.78 is 22.1. The van der Waals surface area contributed by atoms with E-state index in [0.29, 0.717) is 12.8 Å². The molecule has 0 amide bonds. The molecule has 10 nitrogen and oxygen atoms in total. The Morgan fingerprint density at radius 2 is 1.02 bits per heavy atom. The Hall–Kier alpha value is -2.08. The van der Waals surface area contributed by atoms with Crippen LogP contribution < -0.4 is 0 Å². The number of ether oxygens (including phenoxy) is 4. The lowest BCUT2D eigenvalue weighted by molar-refractivity contribution is -0.305. The van der Waals surface area contributed by atoms with Crippen LogP contribution in [-0.4, -0.2) is 89.0 Å². The van der Waals surface area contributed by atoms with Gasteiger partial charge in [0.1, 0.15) is 31.0 Å². The molecule has 0 bridgehead atoms. The molecule has 1 aliphatic heterocycles. The summed E-state index contributed by atoms with van der Waals surface area (Å²) in [5.74, 6) is -0.868. The summed E-state index contributed by atoms with van der Waals surface area (Å²) in [6.07, 6.45) is 34.4. The van der Waals surface area contributed by atoms with Crippen LogP contribution in [0.15, 0.2) is 36.5 Å². The minimum absolute atomic E-state index is 0.165. The molecular weight excluding hydrogens is 712 g/mol. The topological polar surface area (TPSA) is 152 Å². The van der Waals surface area contributed by atoms with Gasteiger partial charge in [-0.2, -0.15) is 0 Å². The van der Waals surface area contributed by atoms with Crippen LogP contribution in [0.3, 0.4) is 0 Å². The second-order valence-corrected chi connectivity index (χ2v) is 15.5. The summed E-state index contributed by atoms with van der Waals surface area (Å²) in [5.41, 5.74) is 0. The molecular formula is C46H82O10. The van der Waals surface area contributed by atoms with Crippen molar-refractivity contribution in [1.82, 2.24) is 0 Å². The van der Waals surface area contributed by atoms with E-state index in [-0.39, 0.29) is 26.1 Å². The van der Waals surface area contributed by atoms with Crippen LogP contribution in [0.4, 0.5) is 0 Å². The first-order valence-electron chi connectivity index (χ1n) is 22.6. The maximum atomic E-state index is 12.7. The number of aliphatic hydroxyl groups is 4. The number of esters is 2. The van der Waals surface area contributed by atoms with Gasteiger partial charge in [0, 0.05) is 12.8 Å². The monoisotopic (exact) mass is 795 g/mol. The Morgan fingerprint density at radius 3 is 1.55 bits per heavy atom. The Morgan fingerprint density at radius 1 is 0.554 bits per heavy atom. The van der Waals surface area contributed by atoms with Crippen molar-refractivity contribution in [3.63, 3.8) is 0 Å². The van der Waals surface area contributed by atoms with E-state index in [1.807, 2.05) is 0 Å². The van der Waals surface area contributed by atoms with E-state index in [1.54, 1.807) is 0 Å². The van der Waals surface area contributed by atoms with Crippen molar-refractivity contribution in [2.24, 2.45) is 0 Å². The molecule has 1 rings (SSSR count). The van der Waals surface area contributed by atoms with E-state index in [1.165, 1.54) is 96.3 Å². The molecule has 0 aromatic carbocycles. The molecule has 0 aromatic heterocycles. The van der Waals surface area contributed by atoms with Gasteiger partial charge in [-0.25, -0.2) is 0 Å². The van der Waals surface area contributed by atoms with Crippen molar-refractivity contribution >= 4 is 11.9 Å². The predicted molar refractivity (Wildman–Crippen MR) is 224 cm³/mol. The number of unbranched alkanes of at least 4 members (excludes halogenated alkanes) is 20. The van der Waals surface area contributed by atoms with Gasteiger partial charge in [-0.1, -0.05) is 147 Å². The molecule has 0 aliphatic carbocycles.